The molecule has 0 aliphatic heterocycles. The van der Waals surface area contributed by atoms with Gasteiger partial charge in [-0.1, -0.05) is 47.5 Å². The van der Waals surface area contributed by atoms with Crippen molar-refractivity contribution in [2.24, 2.45) is 0 Å². The number of rotatable bonds is 5. The Hall–Kier alpha value is -2.80. The van der Waals surface area contributed by atoms with E-state index in [9.17, 15) is 9.18 Å². The van der Waals surface area contributed by atoms with Crippen LogP contribution in [0.3, 0.4) is 0 Å². The number of aryl methyl sites for hydroxylation is 1. The van der Waals surface area contributed by atoms with Crippen LogP contribution in [0.25, 0.3) is 11.4 Å². The molecule has 2 aromatic carbocycles. The molecule has 0 saturated carbocycles. The first-order valence-electron chi connectivity index (χ1n) is 7.46. The van der Waals surface area contributed by atoms with E-state index in [0.29, 0.717) is 5.82 Å². The summed E-state index contributed by atoms with van der Waals surface area (Å²) in [5, 5.41) is 12.1. The summed E-state index contributed by atoms with van der Waals surface area (Å²) in [5.41, 5.74) is 2.04. The van der Waals surface area contributed by atoms with E-state index in [1.54, 1.807) is 0 Å². The van der Waals surface area contributed by atoms with Crippen molar-refractivity contribution in [2.45, 2.75) is 20.1 Å². The van der Waals surface area contributed by atoms with Crippen molar-refractivity contribution in [3.8, 4) is 11.4 Å². The molecular formula is C17H14ClFN4O2. The Balaban J connectivity index is 1.61. The van der Waals surface area contributed by atoms with Gasteiger partial charge in [-0.25, -0.2) is 9.18 Å². The van der Waals surface area contributed by atoms with Crippen LogP contribution >= 0.6 is 11.6 Å². The third-order valence-corrected chi connectivity index (χ3v) is 3.83. The van der Waals surface area contributed by atoms with Crippen LogP contribution in [-0.2, 0) is 22.7 Å². The zero-order valence-electron chi connectivity index (χ0n) is 13.3. The van der Waals surface area contributed by atoms with Gasteiger partial charge in [-0.2, -0.15) is 4.80 Å². The van der Waals surface area contributed by atoms with Gasteiger partial charge in [0, 0.05) is 11.1 Å². The van der Waals surface area contributed by atoms with E-state index in [0.717, 1.165) is 15.9 Å². The van der Waals surface area contributed by atoms with Crippen LogP contribution in [0.4, 0.5) is 4.39 Å². The smallest absolute Gasteiger partial charge is 0.330 e. The second kappa shape index (κ2) is 7.40. The summed E-state index contributed by atoms with van der Waals surface area (Å²) in [6.07, 6.45) is 0. The van der Waals surface area contributed by atoms with Crippen LogP contribution in [0.5, 0.6) is 0 Å². The topological polar surface area (TPSA) is 69.9 Å². The Morgan fingerprint density at radius 1 is 1.24 bits per heavy atom. The van der Waals surface area contributed by atoms with E-state index in [1.807, 2.05) is 31.2 Å². The van der Waals surface area contributed by atoms with Gasteiger partial charge in [0.2, 0.25) is 5.82 Å². The molecule has 0 bridgehead atoms. The second-order valence-corrected chi connectivity index (χ2v) is 5.78. The van der Waals surface area contributed by atoms with Gasteiger partial charge in [0.25, 0.3) is 0 Å². The normalized spacial score (nSPS) is 10.7. The third kappa shape index (κ3) is 4.19. The molecule has 3 aromatic rings. The average Bonchev–Trinajstić information content (AvgIpc) is 3.03. The van der Waals surface area contributed by atoms with E-state index >= 15 is 0 Å². The molecular weight excluding hydrogens is 347 g/mol. The molecule has 8 heteroatoms. The highest BCUT2D eigenvalue weighted by Crippen LogP contribution is 2.20. The van der Waals surface area contributed by atoms with Crippen LogP contribution in [0, 0.1) is 12.7 Å². The van der Waals surface area contributed by atoms with Crippen molar-refractivity contribution in [1.29, 1.82) is 0 Å². The molecule has 0 atom stereocenters. The molecule has 0 aliphatic carbocycles. The predicted octanol–water partition coefficient (Wildman–Crippen LogP) is 3.18. The maximum atomic E-state index is 13.6. The first kappa shape index (κ1) is 17.0. The standard InChI is InChI=1S/C17H14ClFN4O2/c1-11-5-7-12(8-6-11)17-20-22-23(21-17)9-16(24)25-10-13-14(18)3-2-4-15(13)19/h2-8H,9-10H2,1H3. The minimum atomic E-state index is -0.618. The molecule has 6 nitrogen and oxygen atoms in total. The van der Waals surface area contributed by atoms with Crippen LogP contribution in [0.1, 0.15) is 11.1 Å². The molecule has 0 aliphatic rings. The SMILES string of the molecule is Cc1ccc(-c2nnn(CC(=O)OCc3c(F)cccc3Cl)n2)cc1. The monoisotopic (exact) mass is 360 g/mol. The van der Waals surface area contributed by atoms with Crippen molar-refractivity contribution < 1.29 is 13.9 Å². The maximum absolute atomic E-state index is 13.6. The van der Waals surface area contributed by atoms with Crippen molar-refractivity contribution in [1.82, 2.24) is 20.2 Å². The molecule has 0 radical (unpaired) electrons. The molecule has 0 unspecified atom stereocenters. The lowest BCUT2D eigenvalue weighted by Gasteiger charge is -2.07. The van der Waals surface area contributed by atoms with Gasteiger partial charge in [-0.05, 0) is 24.3 Å². The summed E-state index contributed by atoms with van der Waals surface area (Å²) in [4.78, 5) is 13.0. The van der Waals surface area contributed by atoms with Crippen LogP contribution in [0.2, 0.25) is 5.02 Å². The van der Waals surface area contributed by atoms with Crippen LogP contribution in [-0.4, -0.2) is 26.2 Å². The zero-order chi connectivity index (χ0) is 17.8. The lowest BCUT2D eigenvalue weighted by Crippen LogP contribution is -2.16. The van der Waals surface area contributed by atoms with E-state index in [4.69, 9.17) is 16.3 Å². The number of tetrazole rings is 1. The molecule has 1 aromatic heterocycles. The Morgan fingerprint density at radius 3 is 2.72 bits per heavy atom. The molecule has 1 heterocycles. The highest BCUT2D eigenvalue weighted by molar-refractivity contribution is 6.31. The fraction of sp³-hybridized carbons (Fsp3) is 0.176. The number of benzene rings is 2. The number of hydrogen-bond donors (Lipinski definition) is 0. The van der Waals surface area contributed by atoms with Gasteiger partial charge >= 0.3 is 5.97 Å². The summed E-state index contributed by atoms with van der Waals surface area (Å²) in [6.45, 7) is 1.49. The first-order valence-corrected chi connectivity index (χ1v) is 7.84. The molecule has 0 fully saturated rings. The Morgan fingerprint density at radius 2 is 2.00 bits per heavy atom. The van der Waals surface area contributed by atoms with Crippen molar-refractivity contribution in [2.75, 3.05) is 0 Å². The third-order valence-electron chi connectivity index (χ3n) is 3.47. The fourth-order valence-corrected chi connectivity index (χ4v) is 2.33. The number of carbonyl (C=O) groups is 1. The lowest BCUT2D eigenvalue weighted by molar-refractivity contribution is -0.146. The van der Waals surface area contributed by atoms with Crippen LogP contribution < -0.4 is 0 Å². The average molecular weight is 361 g/mol. The molecule has 25 heavy (non-hydrogen) atoms. The molecule has 128 valence electrons. The molecule has 0 saturated heterocycles. The Bertz CT molecular complexity index is 876. The first-order chi connectivity index (χ1) is 12.0. The second-order valence-electron chi connectivity index (χ2n) is 5.37. The number of ether oxygens (including phenoxy) is 1. The fourth-order valence-electron chi connectivity index (χ4n) is 2.11. The summed E-state index contributed by atoms with van der Waals surface area (Å²) in [7, 11) is 0. The number of nitrogens with zero attached hydrogens (tertiary/aromatic N) is 4. The predicted molar refractivity (Wildman–Crippen MR) is 89.2 cm³/mol. The highest BCUT2D eigenvalue weighted by Gasteiger charge is 2.13. The summed E-state index contributed by atoms with van der Waals surface area (Å²) >= 11 is 5.88. The Labute approximate surface area is 148 Å². The van der Waals surface area contributed by atoms with Crippen LogP contribution in [0.15, 0.2) is 42.5 Å². The largest absolute Gasteiger partial charge is 0.459 e. The summed E-state index contributed by atoms with van der Waals surface area (Å²) < 4.78 is 18.7. The minimum Gasteiger partial charge on any atom is -0.459 e. The van der Waals surface area contributed by atoms with Gasteiger partial charge in [0.1, 0.15) is 12.4 Å². The van der Waals surface area contributed by atoms with Crippen molar-refractivity contribution >= 4 is 17.6 Å². The van der Waals surface area contributed by atoms with Crippen molar-refractivity contribution in [3.05, 3.63) is 64.4 Å². The molecule has 0 spiro atoms. The summed E-state index contributed by atoms with van der Waals surface area (Å²) in [6, 6.07) is 11.9. The Kier molecular flexibility index (Phi) is 5.04. The molecule has 3 rings (SSSR count). The van der Waals surface area contributed by atoms with Gasteiger partial charge in [0.15, 0.2) is 6.54 Å². The zero-order valence-corrected chi connectivity index (χ0v) is 14.1. The van der Waals surface area contributed by atoms with Gasteiger partial charge < -0.3 is 4.74 Å². The lowest BCUT2D eigenvalue weighted by atomic mass is 10.1. The number of halogens is 2. The number of aromatic nitrogens is 4. The minimum absolute atomic E-state index is 0.129. The maximum Gasteiger partial charge on any atom is 0.330 e. The van der Waals surface area contributed by atoms with Gasteiger partial charge in [0.05, 0.1) is 5.02 Å². The summed E-state index contributed by atoms with van der Waals surface area (Å²) in [5.74, 6) is -0.738. The van der Waals surface area contributed by atoms with Crippen molar-refractivity contribution in [3.63, 3.8) is 0 Å². The molecule has 0 amide bonds. The number of esters is 1. The molecule has 0 N–H and O–H groups in total. The van der Waals surface area contributed by atoms with E-state index < -0.39 is 11.8 Å². The van der Waals surface area contributed by atoms with E-state index in [1.165, 1.54) is 18.2 Å². The quantitative estimate of drug-likeness (QED) is 0.653. The number of hydrogen-bond acceptors (Lipinski definition) is 5. The van der Waals surface area contributed by atoms with Gasteiger partial charge in [-0.3, -0.25) is 0 Å². The van der Waals surface area contributed by atoms with E-state index in [2.05, 4.69) is 15.4 Å². The van der Waals surface area contributed by atoms with Gasteiger partial charge in [-0.15, -0.1) is 10.2 Å². The highest BCUT2D eigenvalue weighted by atomic mass is 35.5. The number of carbonyl (C=O) groups excluding carboxylic acids is 1. The van der Waals surface area contributed by atoms with E-state index in [-0.39, 0.29) is 23.7 Å².